The van der Waals surface area contributed by atoms with Crippen molar-refractivity contribution in [2.45, 2.75) is 5.92 Å². The van der Waals surface area contributed by atoms with Gasteiger partial charge < -0.3 is 14.0 Å². The fourth-order valence-electron chi connectivity index (χ4n) is 5.58. The molecule has 0 aliphatic carbocycles. The van der Waals surface area contributed by atoms with Gasteiger partial charge in [0.1, 0.15) is 11.5 Å². The minimum absolute atomic E-state index is 0.288. The quantitative estimate of drug-likeness (QED) is 0.159. The molecule has 0 saturated heterocycles. The van der Waals surface area contributed by atoms with Crippen molar-refractivity contribution in [1.82, 2.24) is 4.57 Å². The van der Waals surface area contributed by atoms with Crippen molar-refractivity contribution in [3.63, 3.8) is 0 Å². The second-order valence-corrected chi connectivity index (χ2v) is 13.2. The normalized spacial score (nSPS) is 11.6. The Hall–Kier alpha value is -2.18. The second-order valence-electron chi connectivity index (χ2n) is 9.92. The molecule has 0 unspecified atom stereocenters. The van der Waals surface area contributed by atoms with Crippen LogP contribution in [-0.4, -0.2) is 18.8 Å². The minimum atomic E-state index is -0.773. The van der Waals surface area contributed by atoms with E-state index in [0.29, 0.717) is 36.8 Å². The molecule has 0 fully saturated rings. The number of ether oxygens (including phenoxy) is 2. The van der Waals surface area contributed by atoms with E-state index in [9.17, 15) is 0 Å². The van der Waals surface area contributed by atoms with Gasteiger partial charge in [0, 0.05) is 79.2 Å². The van der Waals surface area contributed by atoms with Crippen molar-refractivity contribution >= 4 is 115 Å². The van der Waals surface area contributed by atoms with Crippen LogP contribution >= 0.6 is 92.8 Å². The molecule has 0 saturated carbocycles. The fourth-order valence-corrected chi connectivity index (χ4v) is 8.34. The van der Waals surface area contributed by atoms with Gasteiger partial charge in [-0.2, -0.15) is 0 Å². The molecule has 0 spiro atoms. The molecule has 6 aromatic rings. The van der Waals surface area contributed by atoms with E-state index in [2.05, 4.69) is 4.57 Å². The summed E-state index contributed by atoms with van der Waals surface area (Å²) < 4.78 is 13.1. The summed E-state index contributed by atoms with van der Waals surface area (Å²) in [5, 5.41) is 4.47. The van der Waals surface area contributed by atoms with Crippen LogP contribution in [0, 0.1) is 0 Å². The summed E-state index contributed by atoms with van der Waals surface area (Å²) in [5.41, 5.74) is 4.02. The molecule has 0 aliphatic heterocycles. The van der Waals surface area contributed by atoms with Crippen LogP contribution in [-0.2, 0) is 0 Å². The van der Waals surface area contributed by atoms with Crippen molar-refractivity contribution < 1.29 is 9.47 Å². The van der Waals surface area contributed by atoms with Gasteiger partial charge in [0.15, 0.2) is 0 Å². The van der Waals surface area contributed by atoms with Crippen LogP contribution in [0.3, 0.4) is 0 Å². The molecule has 0 N–H and O–H groups in total. The Morgan fingerprint density at radius 2 is 0.818 bits per heavy atom. The van der Waals surface area contributed by atoms with Crippen LogP contribution in [0.5, 0.6) is 11.5 Å². The van der Waals surface area contributed by atoms with Gasteiger partial charge in [-0.15, -0.1) is 0 Å². The Bertz CT molecular complexity index is 1920. The number of hydrogen-bond acceptors (Lipinski definition) is 2. The summed E-state index contributed by atoms with van der Waals surface area (Å²) in [5.74, 6) is 0.675. The number of hydrogen-bond donors (Lipinski definition) is 0. The van der Waals surface area contributed by atoms with E-state index >= 15 is 0 Å². The summed E-state index contributed by atoms with van der Waals surface area (Å²) in [4.78, 5) is 0. The molecule has 0 aliphatic rings. The van der Waals surface area contributed by atoms with Gasteiger partial charge in [0.25, 0.3) is 0 Å². The first-order chi connectivity index (χ1) is 21.0. The number of benzene rings is 5. The van der Waals surface area contributed by atoms with Crippen molar-refractivity contribution in [3.05, 3.63) is 130 Å². The van der Waals surface area contributed by atoms with Crippen molar-refractivity contribution in [2.75, 3.05) is 14.2 Å². The van der Waals surface area contributed by atoms with Gasteiger partial charge in [0.2, 0.25) is 0 Å². The van der Waals surface area contributed by atoms with Crippen molar-refractivity contribution in [1.29, 1.82) is 0 Å². The van der Waals surface area contributed by atoms with Gasteiger partial charge in [-0.05, 0) is 72.8 Å². The average molecular weight is 745 g/mol. The fraction of sp³-hybridized carbons (Fsp3) is 0.0909. The van der Waals surface area contributed by atoms with E-state index in [-0.39, 0.29) is 20.1 Å². The molecule has 0 amide bonds. The first-order valence-electron chi connectivity index (χ1n) is 13.0. The zero-order valence-corrected chi connectivity index (χ0v) is 28.8. The zero-order chi connectivity index (χ0) is 31.4. The second kappa shape index (κ2) is 12.5. The number of halogens is 8. The first kappa shape index (κ1) is 31.8. The number of rotatable bonds is 6. The maximum absolute atomic E-state index is 7.15. The van der Waals surface area contributed by atoms with E-state index in [0.717, 1.165) is 39.0 Å². The Kier molecular flexibility index (Phi) is 9.07. The summed E-state index contributed by atoms with van der Waals surface area (Å²) in [6, 6.07) is 21.8. The molecular weight excluding hydrogens is 726 g/mol. The van der Waals surface area contributed by atoms with Crippen LogP contribution in [0.4, 0.5) is 0 Å². The third kappa shape index (κ3) is 5.57. The molecule has 0 bridgehead atoms. The number of nitrogens with zero attached hydrogens (tertiary/aromatic N) is 1. The third-order valence-electron chi connectivity index (χ3n) is 7.46. The molecule has 6 rings (SSSR count). The maximum atomic E-state index is 7.15. The largest absolute Gasteiger partial charge is 0.497 e. The Morgan fingerprint density at radius 3 is 1.16 bits per heavy atom. The summed E-state index contributed by atoms with van der Waals surface area (Å²) >= 11 is 53.9. The highest BCUT2D eigenvalue weighted by molar-refractivity contribution is 6.42. The van der Waals surface area contributed by atoms with Crippen LogP contribution in [0.25, 0.3) is 27.5 Å². The van der Waals surface area contributed by atoms with E-state index in [1.807, 2.05) is 48.5 Å². The van der Waals surface area contributed by atoms with Gasteiger partial charge in [-0.25, -0.2) is 0 Å². The molecular formula is C33H19Cl8NO2. The summed E-state index contributed by atoms with van der Waals surface area (Å²) in [6.07, 6.45) is 0. The molecule has 1 aromatic heterocycles. The predicted molar refractivity (Wildman–Crippen MR) is 188 cm³/mol. The molecule has 0 atom stereocenters. The van der Waals surface area contributed by atoms with Gasteiger partial charge in [0.05, 0.1) is 25.3 Å². The standard InChI is InChI=1S/C33H19Cl8NO2/c1-43-18-3-5-28-20(13-18)21-14-19(44-2)4-6-29(21)42(28)17-11-26(40)32(27(41)12-17)33(30-22(36)7-15(34)8-23(30)37)31-24(38)9-16(35)10-25(31)39/h3-14,33H,1-2H3. The summed E-state index contributed by atoms with van der Waals surface area (Å²) in [7, 11) is 3.27. The van der Waals surface area contributed by atoms with E-state index in [1.54, 1.807) is 38.5 Å². The number of aromatic nitrogens is 1. The molecule has 1 heterocycles. The minimum Gasteiger partial charge on any atom is -0.497 e. The van der Waals surface area contributed by atoms with E-state index < -0.39 is 5.92 Å². The zero-order valence-electron chi connectivity index (χ0n) is 22.8. The lowest BCUT2D eigenvalue weighted by Crippen LogP contribution is -2.09. The molecule has 5 aromatic carbocycles. The highest BCUT2D eigenvalue weighted by Crippen LogP contribution is 2.51. The monoisotopic (exact) mass is 741 g/mol. The Balaban J connectivity index is 1.64. The first-order valence-corrected chi connectivity index (χ1v) is 16.0. The number of methoxy groups -OCH3 is 2. The van der Waals surface area contributed by atoms with E-state index in [1.165, 1.54) is 0 Å². The van der Waals surface area contributed by atoms with Crippen LogP contribution in [0.1, 0.15) is 22.6 Å². The topological polar surface area (TPSA) is 23.4 Å². The van der Waals surface area contributed by atoms with Crippen LogP contribution in [0.15, 0.2) is 72.8 Å². The van der Waals surface area contributed by atoms with E-state index in [4.69, 9.17) is 102 Å². The lowest BCUT2D eigenvalue weighted by atomic mass is 9.84. The lowest BCUT2D eigenvalue weighted by Gasteiger charge is -2.26. The predicted octanol–water partition coefficient (Wildman–Crippen LogP) is 13.2. The molecule has 3 nitrogen and oxygen atoms in total. The third-order valence-corrected chi connectivity index (χ3v) is 9.77. The van der Waals surface area contributed by atoms with Crippen molar-refractivity contribution in [3.8, 4) is 17.2 Å². The molecule has 0 radical (unpaired) electrons. The van der Waals surface area contributed by atoms with Crippen LogP contribution < -0.4 is 9.47 Å². The highest BCUT2D eigenvalue weighted by Gasteiger charge is 2.31. The highest BCUT2D eigenvalue weighted by atomic mass is 35.5. The lowest BCUT2D eigenvalue weighted by molar-refractivity contribution is 0.415. The average Bonchev–Trinajstić information content (AvgIpc) is 3.28. The van der Waals surface area contributed by atoms with Gasteiger partial charge in [-0.1, -0.05) is 92.8 Å². The van der Waals surface area contributed by atoms with Gasteiger partial charge in [-0.3, -0.25) is 0 Å². The number of fused-ring (bicyclic) bond motifs is 3. The molecule has 11 heteroatoms. The van der Waals surface area contributed by atoms with Gasteiger partial charge >= 0.3 is 0 Å². The summed E-state index contributed by atoms with van der Waals surface area (Å²) in [6.45, 7) is 0. The Morgan fingerprint density at radius 1 is 0.477 bits per heavy atom. The molecule has 224 valence electrons. The SMILES string of the molecule is COc1ccc2c(c1)c1cc(OC)ccc1n2-c1cc(Cl)c(C(c2c(Cl)cc(Cl)cc2Cl)c2c(Cl)cc(Cl)cc2Cl)c(Cl)c1. The molecule has 44 heavy (non-hydrogen) atoms. The smallest absolute Gasteiger partial charge is 0.119 e. The Labute approximate surface area is 293 Å². The van der Waals surface area contributed by atoms with Crippen molar-refractivity contribution in [2.24, 2.45) is 0 Å². The maximum Gasteiger partial charge on any atom is 0.119 e. The van der Waals surface area contributed by atoms with Crippen LogP contribution in [0.2, 0.25) is 40.2 Å².